The third-order valence-electron chi connectivity index (χ3n) is 5.69. The molecule has 0 unspecified atom stereocenters. The van der Waals surface area contributed by atoms with E-state index in [1.54, 1.807) is 26.4 Å². The second kappa shape index (κ2) is 9.82. The first-order valence-electron chi connectivity index (χ1n) is 10.5. The topological polar surface area (TPSA) is 97.0 Å². The minimum absolute atomic E-state index is 0.00998. The van der Waals surface area contributed by atoms with Crippen LogP contribution >= 0.6 is 0 Å². The molecule has 2 fully saturated rings. The number of likely N-dealkylation sites (tertiary alicyclic amines) is 1. The summed E-state index contributed by atoms with van der Waals surface area (Å²) < 4.78 is 10.7. The molecule has 8 nitrogen and oxygen atoms in total. The molecule has 1 aliphatic heterocycles. The van der Waals surface area contributed by atoms with E-state index < -0.39 is 6.04 Å². The van der Waals surface area contributed by atoms with E-state index in [-0.39, 0.29) is 36.1 Å². The number of hydrogen-bond acceptors (Lipinski definition) is 5. The molecule has 1 saturated carbocycles. The van der Waals surface area contributed by atoms with Crippen molar-refractivity contribution in [1.82, 2.24) is 15.5 Å². The number of hydrogen-bond donors (Lipinski definition) is 2. The lowest BCUT2D eigenvalue weighted by Crippen LogP contribution is -2.53. The molecule has 30 heavy (non-hydrogen) atoms. The highest BCUT2D eigenvalue weighted by Gasteiger charge is 2.35. The maximum Gasteiger partial charge on any atom is 0.243 e. The van der Waals surface area contributed by atoms with Crippen LogP contribution in [0.1, 0.15) is 38.2 Å². The predicted octanol–water partition coefficient (Wildman–Crippen LogP) is 1.27. The monoisotopic (exact) mass is 417 g/mol. The number of nitrogens with zero attached hydrogens (tertiary/aromatic N) is 1. The lowest BCUT2D eigenvalue weighted by molar-refractivity contribution is -0.134. The average molecular weight is 418 g/mol. The SMILES string of the molecule is COc1ccc(OC)c(C[C@@H](NC(C)=O)C(=O)NC2CCN(C(=O)C3CC3)CC2)c1. The van der Waals surface area contributed by atoms with Gasteiger partial charge in [0.25, 0.3) is 0 Å². The van der Waals surface area contributed by atoms with Gasteiger partial charge >= 0.3 is 0 Å². The maximum atomic E-state index is 13.0. The van der Waals surface area contributed by atoms with Crippen molar-refractivity contribution >= 4 is 17.7 Å². The molecule has 164 valence electrons. The number of methoxy groups -OCH3 is 2. The van der Waals surface area contributed by atoms with E-state index in [4.69, 9.17) is 9.47 Å². The van der Waals surface area contributed by atoms with Crippen molar-refractivity contribution in [2.45, 2.75) is 51.1 Å². The summed E-state index contributed by atoms with van der Waals surface area (Å²) in [5.74, 6) is 1.24. The number of amides is 3. The molecule has 1 saturated heterocycles. The Balaban J connectivity index is 1.62. The second-order valence-corrected chi connectivity index (χ2v) is 8.02. The Bertz CT molecular complexity index is 785. The Kier molecular flexibility index (Phi) is 7.18. The maximum absolute atomic E-state index is 13.0. The van der Waals surface area contributed by atoms with Crippen LogP contribution in [0.4, 0.5) is 0 Å². The predicted molar refractivity (Wildman–Crippen MR) is 111 cm³/mol. The third-order valence-corrected chi connectivity index (χ3v) is 5.69. The number of carbonyl (C=O) groups is 3. The van der Waals surface area contributed by atoms with E-state index in [9.17, 15) is 14.4 Å². The summed E-state index contributed by atoms with van der Waals surface area (Å²) in [6.07, 6.45) is 3.73. The van der Waals surface area contributed by atoms with Gasteiger partial charge in [0.1, 0.15) is 17.5 Å². The number of ether oxygens (including phenoxy) is 2. The van der Waals surface area contributed by atoms with Crippen molar-refractivity contribution in [3.05, 3.63) is 23.8 Å². The summed E-state index contributed by atoms with van der Waals surface area (Å²) in [6, 6.07) is 4.64. The molecule has 3 amide bonds. The molecule has 1 aromatic rings. The van der Waals surface area contributed by atoms with E-state index in [2.05, 4.69) is 10.6 Å². The summed E-state index contributed by atoms with van der Waals surface area (Å²) in [7, 11) is 3.14. The van der Waals surface area contributed by atoms with Gasteiger partial charge in [-0.1, -0.05) is 0 Å². The third kappa shape index (κ3) is 5.64. The molecule has 1 heterocycles. The molecule has 2 aliphatic rings. The standard InChI is InChI=1S/C22H31N3O5/c1-14(26)23-19(13-16-12-18(29-2)6-7-20(16)30-3)21(27)24-17-8-10-25(11-9-17)22(28)15-4-5-15/h6-7,12,15,17,19H,4-5,8-11,13H2,1-3H3,(H,23,26)(H,24,27)/t19-/m1/s1. The zero-order valence-electron chi connectivity index (χ0n) is 17.9. The Morgan fingerprint density at radius 3 is 2.37 bits per heavy atom. The Morgan fingerprint density at radius 2 is 1.80 bits per heavy atom. The van der Waals surface area contributed by atoms with Crippen LogP contribution in [0.5, 0.6) is 11.5 Å². The molecule has 0 bridgehead atoms. The lowest BCUT2D eigenvalue weighted by atomic mass is 10.0. The van der Waals surface area contributed by atoms with Crippen LogP contribution in [0, 0.1) is 5.92 Å². The normalized spacial score (nSPS) is 17.8. The molecule has 8 heteroatoms. The van der Waals surface area contributed by atoms with Crippen molar-refractivity contribution in [1.29, 1.82) is 0 Å². The first-order valence-corrected chi connectivity index (χ1v) is 10.5. The fourth-order valence-electron chi connectivity index (χ4n) is 3.85. The van der Waals surface area contributed by atoms with Gasteiger partial charge < -0.3 is 25.0 Å². The van der Waals surface area contributed by atoms with E-state index in [1.807, 2.05) is 11.0 Å². The van der Waals surface area contributed by atoms with Crippen LogP contribution in [0.25, 0.3) is 0 Å². The highest BCUT2D eigenvalue weighted by atomic mass is 16.5. The quantitative estimate of drug-likeness (QED) is 0.664. The van der Waals surface area contributed by atoms with Gasteiger partial charge in [-0.05, 0) is 43.9 Å². The Morgan fingerprint density at radius 1 is 1.10 bits per heavy atom. The zero-order valence-corrected chi connectivity index (χ0v) is 17.9. The summed E-state index contributed by atoms with van der Waals surface area (Å²) in [5.41, 5.74) is 0.774. The van der Waals surface area contributed by atoms with E-state index in [1.165, 1.54) is 6.92 Å². The molecule has 1 aliphatic carbocycles. The van der Waals surface area contributed by atoms with Crippen molar-refractivity contribution in [3.8, 4) is 11.5 Å². The van der Waals surface area contributed by atoms with Crippen molar-refractivity contribution < 1.29 is 23.9 Å². The van der Waals surface area contributed by atoms with E-state index >= 15 is 0 Å². The highest BCUT2D eigenvalue weighted by molar-refractivity contribution is 5.87. The molecule has 0 aromatic heterocycles. The number of nitrogens with one attached hydrogen (secondary N) is 2. The van der Waals surface area contributed by atoms with Crippen LogP contribution in [0.15, 0.2) is 18.2 Å². The van der Waals surface area contributed by atoms with Gasteiger partial charge in [0.2, 0.25) is 17.7 Å². The van der Waals surface area contributed by atoms with Gasteiger partial charge in [0.05, 0.1) is 14.2 Å². The van der Waals surface area contributed by atoms with Gasteiger partial charge in [-0.15, -0.1) is 0 Å². The highest BCUT2D eigenvalue weighted by Crippen LogP contribution is 2.32. The average Bonchev–Trinajstić information content (AvgIpc) is 3.58. The minimum Gasteiger partial charge on any atom is -0.497 e. The Labute approximate surface area is 177 Å². The lowest BCUT2D eigenvalue weighted by Gasteiger charge is -2.33. The number of piperidine rings is 1. The summed E-state index contributed by atoms with van der Waals surface area (Å²) in [6.45, 7) is 2.72. The largest absolute Gasteiger partial charge is 0.497 e. The van der Waals surface area contributed by atoms with Crippen LogP contribution in [-0.2, 0) is 20.8 Å². The molecule has 0 radical (unpaired) electrons. The van der Waals surface area contributed by atoms with Gasteiger partial charge in [-0.3, -0.25) is 14.4 Å². The summed E-state index contributed by atoms with van der Waals surface area (Å²) in [5, 5.41) is 5.80. The van der Waals surface area contributed by atoms with Crippen molar-refractivity contribution in [2.24, 2.45) is 5.92 Å². The smallest absolute Gasteiger partial charge is 0.243 e. The van der Waals surface area contributed by atoms with Gasteiger partial charge in [0, 0.05) is 44.0 Å². The van der Waals surface area contributed by atoms with Gasteiger partial charge in [0.15, 0.2) is 0 Å². The minimum atomic E-state index is -0.727. The van der Waals surface area contributed by atoms with Gasteiger partial charge in [-0.2, -0.15) is 0 Å². The molecule has 1 aromatic carbocycles. The van der Waals surface area contributed by atoms with Crippen molar-refractivity contribution in [3.63, 3.8) is 0 Å². The van der Waals surface area contributed by atoms with E-state index in [0.717, 1.165) is 31.2 Å². The van der Waals surface area contributed by atoms with Crippen LogP contribution in [-0.4, -0.2) is 62.0 Å². The summed E-state index contributed by atoms with van der Waals surface area (Å²) >= 11 is 0. The van der Waals surface area contributed by atoms with E-state index in [0.29, 0.717) is 24.6 Å². The first-order chi connectivity index (χ1) is 14.4. The Hall–Kier alpha value is -2.77. The molecule has 3 rings (SSSR count). The van der Waals surface area contributed by atoms with Crippen LogP contribution in [0.2, 0.25) is 0 Å². The van der Waals surface area contributed by atoms with Crippen LogP contribution in [0.3, 0.4) is 0 Å². The fourth-order valence-corrected chi connectivity index (χ4v) is 3.85. The van der Waals surface area contributed by atoms with Gasteiger partial charge in [-0.25, -0.2) is 0 Å². The summed E-state index contributed by atoms with van der Waals surface area (Å²) in [4.78, 5) is 38.8. The zero-order chi connectivity index (χ0) is 21.7. The number of rotatable bonds is 8. The van der Waals surface area contributed by atoms with Crippen LogP contribution < -0.4 is 20.1 Å². The fraction of sp³-hybridized carbons (Fsp3) is 0.591. The molecule has 0 spiro atoms. The van der Waals surface area contributed by atoms with Crippen molar-refractivity contribution in [2.75, 3.05) is 27.3 Å². The number of carbonyl (C=O) groups excluding carboxylic acids is 3. The molecule has 2 N–H and O–H groups in total. The second-order valence-electron chi connectivity index (χ2n) is 8.02. The molecule has 1 atom stereocenters. The molecular weight excluding hydrogens is 386 g/mol. The first kappa shape index (κ1) is 21.9. The molecular formula is C22H31N3O5. The number of benzene rings is 1.